The first kappa shape index (κ1) is 9.96. The van der Waals surface area contributed by atoms with E-state index in [2.05, 4.69) is 24.1 Å². The lowest BCUT2D eigenvalue weighted by Gasteiger charge is -2.34. The molecule has 1 unspecified atom stereocenters. The molecule has 0 aliphatic carbocycles. The fraction of sp³-hybridized carbons (Fsp3) is 1.00. The second kappa shape index (κ2) is 4.80. The van der Waals surface area contributed by atoms with Gasteiger partial charge in [0.1, 0.15) is 0 Å². The van der Waals surface area contributed by atoms with E-state index in [9.17, 15) is 5.11 Å². The molecule has 1 aliphatic rings. The highest BCUT2D eigenvalue weighted by molar-refractivity contribution is 4.82. The Kier molecular flexibility index (Phi) is 3.98. The Labute approximate surface area is 74.8 Å². The van der Waals surface area contributed by atoms with Gasteiger partial charge < -0.3 is 15.3 Å². The second-order valence-electron chi connectivity index (χ2n) is 3.47. The Balaban J connectivity index is 2.18. The predicted octanol–water partition coefficient (Wildman–Crippen LogP) is -0.0915. The maximum Gasteiger partial charge on any atom is 0.0719 e. The normalized spacial score (nSPS) is 21.0. The molecule has 1 atom stereocenters. The molecule has 1 heterocycles. The van der Waals surface area contributed by atoms with Crippen LogP contribution < -0.4 is 5.32 Å². The number of aliphatic hydroxyl groups is 1. The number of aliphatic hydroxyl groups excluding tert-OH is 1. The largest absolute Gasteiger partial charge is 0.391 e. The third-order valence-corrected chi connectivity index (χ3v) is 2.70. The van der Waals surface area contributed by atoms with E-state index in [0.717, 1.165) is 32.7 Å². The Morgan fingerprint density at radius 3 is 2.33 bits per heavy atom. The van der Waals surface area contributed by atoms with Crippen LogP contribution in [0.4, 0.5) is 0 Å². The van der Waals surface area contributed by atoms with Crippen molar-refractivity contribution in [2.24, 2.45) is 5.92 Å². The minimum absolute atomic E-state index is 0.133. The summed E-state index contributed by atoms with van der Waals surface area (Å²) in [5, 5.41) is 12.9. The smallest absolute Gasteiger partial charge is 0.0719 e. The number of rotatable bonds is 5. The van der Waals surface area contributed by atoms with Gasteiger partial charge in [-0.25, -0.2) is 0 Å². The molecule has 0 spiro atoms. The molecule has 0 bridgehead atoms. The van der Waals surface area contributed by atoms with E-state index in [1.807, 2.05) is 0 Å². The summed E-state index contributed by atoms with van der Waals surface area (Å²) in [6.07, 6.45) is -0.133. The molecule has 1 saturated heterocycles. The summed E-state index contributed by atoms with van der Waals surface area (Å²) >= 11 is 0. The third-order valence-electron chi connectivity index (χ3n) is 2.70. The first-order valence-corrected chi connectivity index (χ1v) is 4.89. The summed E-state index contributed by atoms with van der Waals surface area (Å²) in [7, 11) is 0. The van der Waals surface area contributed by atoms with Crippen LogP contribution in [0.25, 0.3) is 0 Å². The summed E-state index contributed by atoms with van der Waals surface area (Å²) < 4.78 is 0. The molecule has 3 heteroatoms. The monoisotopic (exact) mass is 172 g/mol. The minimum Gasteiger partial charge on any atom is -0.391 e. The van der Waals surface area contributed by atoms with Gasteiger partial charge in [0, 0.05) is 25.6 Å². The molecule has 2 N–H and O–H groups in total. The van der Waals surface area contributed by atoms with Crippen LogP contribution in [0, 0.1) is 5.92 Å². The number of nitrogens with one attached hydrogen (secondary N) is 1. The summed E-state index contributed by atoms with van der Waals surface area (Å²) in [6.45, 7) is 9.15. The van der Waals surface area contributed by atoms with Crippen molar-refractivity contribution < 1.29 is 5.11 Å². The molecule has 72 valence electrons. The zero-order chi connectivity index (χ0) is 8.97. The average Bonchev–Trinajstić information content (AvgIpc) is 1.96. The van der Waals surface area contributed by atoms with Gasteiger partial charge in [0.25, 0.3) is 0 Å². The van der Waals surface area contributed by atoms with Gasteiger partial charge in [-0.3, -0.25) is 0 Å². The topological polar surface area (TPSA) is 35.5 Å². The van der Waals surface area contributed by atoms with Crippen LogP contribution in [0.2, 0.25) is 0 Å². The molecule has 0 amide bonds. The molecule has 1 fully saturated rings. The van der Waals surface area contributed by atoms with E-state index in [4.69, 9.17) is 0 Å². The van der Waals surface area contributed by atoms with Crippen LogP contribution in [0.1, 0.15) is 13.8 Å². The van der Waals surface area contributed by atoms with Gasteiger partial charge in [0.05, 0.1) is 6.10 Å². The predicted molar refractivity (Wildman–Crippen MR) is 50.2 cm³/mol. The summed E-state index contributed by atoms with van der Waals surface area (Å²) in [5.41, 5.74) is 0. The van der Waals surface area contributed by atoms with Gasteiger partial charge in [-0.2, -0.15) is 0 Å². The Bertz CT molecular complexity index is 122. The van der Waals surface area contributed by atoms with Gasteiger partial charge in [-0.15, -0.1) is 0 Å². The van der Waals surface area contributed by atoms with Crippen LogP contribution in [-0.2, 0) is 0 Å². The fourth-order valence-corrected chi connectivity index (χ4v) is 1.48. The summed E-state index contributed by atoms with van der Waals surface area (Å²) in [6, 6.07) is 0. The van der Waals surface area contributed by atoms with Crippen LogP contribution in [0.5, 0.6) is 0 Å². The van der Waals surface area contributed by atoms with Gasteiger partial charge in [-0.05, 0) is 13.1 Å². The molecule has 0 aromatic carbocycles. The standard InChI is InChI=1S/C9H20N2O/c1-3-11(4-2)7-9(12)8-5-10-6-8/h8-10,12H,3-7H2,1-2H3. The zero-order valence-electron chi connectivity index (χ0n) is 8.08. The Morgan fingerprint density at radius 2 is 2.00 bits per heavy atom. The molecule has 0 saturated carbocycles. The highest BCUT2D eigenvalue weighted by atomic mass is 16.3. The molecular formula is C9H20N2O. The molecule has 1 aliphatic heterocycles. The number of likely N-dealkylation sites (N-methyl/N-ethyl adjacent to an activating group) is 1. The van der Waals surface area contributed by atoms with Crippen molar-refractivity contribution in [2.45, 2.75) is 20.0 Å². The summed E-state index contributed by atoms with van der Waals surface area (Å²) in [5.74, 6) is 0.491. The van der Waals surface area contributed by atoms with E-state index in [-0.39, 0.29) is 6.10 Å². The number of hydrogen-bond acceptors (Lipinski definition) is 3. The fourth-order valence-electron chi connectivity index (χ4n) is 1.48. The quantitative estimate of drug-likeness (QED) is 0.608. The molecule has 0 aromatic rings. The van der Waals surface area contributed by atoms with Crippen molar-refractivity contribution in [3.8, 4) is 0 Å². The highest BCUT2D eigenvalue weighted by Gasteiger charge is 2.25. The molecule has 0 aromatic heterocycles. The van der Waals surface area contributed by atoms with Crippen LogP contribution in [-0.4, -0.2) is 48.8 Å². The maximum atomic E-state index is 9.72. The first-order chi connectivity index (χ1) is 5.77. The van der Waals surface area contributed by atoms with Crippen LogP contribution >= 0.6 is 0 Å². The molecule has 12 heavy (non-hydrogen) atoms. The average molecular weight is 172 g/mol. The van der Waals surface area contributed by atoms with Gasteiger partial charge in [0.2, 0.25) is 0 Å². The Morgan fingerprint density at radius 1 is 1.42 bits per heavy atom. The maximum absolute atomic E-state index is 9.72. The third kappa shape index (κ3) is 2.44. The lowest BCUT2D eigenvalue weighted by atomic mass is 9.96. The SMILES string of the molecule is CCN(CC)CC(O)C1CNC1. The lowest BCUT2D eigenvalue weighted by molar-refractivity contribution is 0.0444. The van der Waals surface area contributed by atoms with E-state index in [1.165, 1.54) is 0 Å². The van der Waals surface area contributed by atoms with Crippen molar-refractivity contribution in [1.82, 2.24) is 10.2 Å². The lowest BCUT2D eigenvalue weighted by Crippen LogP contribution is -2.51. The van der Waals surface area contributed by atoms with E-state index < -0.39 is 0 Å². The zero-order valence-corrected chi connectivity index (χ0v) is 8.08. The van der Waals surface area contributed by atoms with E-state index >= 15 is 0 Å². The number of hydrogen-bond donors (Lipinski definition) is 2. The van der Waals surface area contributed by atoms with Crippen molar-refractivity contribution in [1.29, 1.82) is 0 Å². The van der Waals surface area contributed by atoms with Gasteiger partial charge in [-0.1, -0.05) is 13.8 Å². The van der Waals surface area contributed by atoms with Crippen LogP contribution in [0.3, 0.4) is 0 Å². The summed E-state index contributed by atoms with van der Waals surface area (Å²) in [4.78, 5) is 2.27. The first-order valence-electron chi connectivity index (χ1n) is 4.89. The Hall–Kier alpha value is -0.120. The van der Waals surface area contributed by atoms with E-state index in [0.29, 0.717) is 5.92 Å². The van der Waals surface area contributed by atoms with Crippen molar-refractivity contribution in [3.63, 3.8) is 0 Å². The van der Waals surface area contributed by atoms with Gasteiger partial charge in [0.15, 0.2) is 0 Å². The van der Waals surface area contributed by atoms with Crippen molar-refractivity contribution in [2.75, 3.05) is 32.7 Å². The molecule has 0 radical (unpaired) electrons. The van der Waals surface area contributed by atoms with E-state index in [1.54, 1.807) is 0 Å². The molecule has 1 rings (SSSR count). The minimum atomic E-state index is -0.133. The second-order valence-corrected chi connectivity index (χ2v) is 3.47. The van der Waals surface area contributed by atoms with Crippen LogP contribution in [0.15, 0.2) is 0 Å². The van der Waals surface area contributed by atoms with Gasteiger partial charge >= 0.3 is 0 Å². The molecular weight excluding hydrogens is 152 g/mol. The number of nitrogens with zero attached hydrogens (tertiary/aromatic N) is 1. The van der Waals surface area contributed by atoms with Crippen molar-refractivity contribution >= 4 is 0 Å². The van der Waals surface area contributed by atoms with Crippen molar-refractivity contribution in [3.05, 3.63) is 0 Å². The molecule has 3 nitrogen and oxygen atoms in total. The highest BCUT2D eigenvalue weighted by Crippen LogP contribution is 2.10.